The van der Waals surface area contributed by atoms with E-state index in [1.54, 1.807) is 24.3 Å². The Bertz CT molecular complexity index is 794. The van der Waals surface area contributed by atoms with Crippen molar-refractivity contribution >= 4 is 11.6 Å². The van der Waals surface area contributed by atoms with E-state index in [2.05, 4.69) is 10.2 Å². The highest BCUT2D eigenvalue weighted by Crippen LogP contribution is 2.38. The molecule has 0 aliphatic carbocycles. The van der Waals surface area contributed by atoms with Crippen LogP contribution >= 0.6 is 11.6 Å². The third-order valence-electron chi connectivity index (χ3n) is 3.12. The molecule has 0 spiro atoms. The third kappa shape index (κ3) is 2.71. The molecule has 0 bridgehead atoms. The Kier molecular flexibility index (Phi) is 3.54. The first-order valence-electron chi connectivity index (χ1n) is 6.20. The minimum atomic E-state index is -0.344. The number of phenols is 1. The molecule has 0 unspecified atom stereocenters. The Hall–Kier alpha value is -2.46. The lowest BCUT2D eigenvalue weighted by molar-refractivity contribution is 0.477. The summed E-state index contributed by atoms with van der Waals surface area (Å²) in [5.41, 5.74) is 2.55. The summed E-state index contributed by atoms with van der Waals surface area (Å²) in [5.74, 6) is -0.308. The van der Waals surface area contributed by atoms with Crippen LogP contribution in [0.25, 0.3) is 22.3 Å². The number of aromatic nitrogens is 2. The van der Waals surface area contributed by atoms with Crippen LogP contribution < -0.4 is 0 Å². The van der Waals surface area contributed by atoms with Gasteiger partial charge in [0.25, 0.3) is 0 Å². The number of rotatable bonds is 2. The molecule has 0 radical (unpaired) electrons. The molecule has 3 aromatic rings. The fourth-order valence-electron chi connectivity index (χ4n) is 2.12. The number of hydrogen-bond donors (Lipinski definition) is 1. The van der Waals surface area contributed by atoms with E-state index < -0.39 is 0 Å². The first-order valence-corrected chi connectivity index (χ1v) is 6.58. The molecule has 0 saturated carbocycles. The molecule has 1 aromatic heterocycles. The average Bonchev–Trinajstić information content (AvgIpc) is 2.48. The van der Waals surface area contributed by atoms with Crippen molar-refractivity contribution in [1.29, 1.82) is 0 Å². The number of halogens is 2. The fourth-order valence-corrected chi connectivity index (χ4v) is 2.39. The van der Waals surface area contributed by atoms with Gasteiger partial charge in [-0.3, -0.25) is 0 Å². The van der Waals surface area contributed by atoms with Gasteiger partial charge in [-0.25, -0.2) is 4.39 Å². The van der Waals surface area contributed by atoms with E-state index in [1.807, 2.05) is 0 Å². The lowest BCUT2D eigenvalue weighted by atomic mass is 9.99. The largest absolute Gasteiger partial charge is 0.507 e. The Balaban J connectivity index is 2.19. The lowest BCUT2D eigenvalue weighted by Gasteiger charge is -2.10. The van der Waals surface area contributed by atoms with Gasteiger partial charge in [0.2, 0.25) is 0 Å². The predicted molar refractivity (Wildman–Crippen MR) is 79.5 cm³/mol. The molecule has 0 amide bonds. The van der Waals surface area contributed by atoms with Crippen LogP contribution in [0.3, 0.4) is 0 Å². The molecule has 0 saturated heterocycles. The van der Waals surface area contributed by atoms with E-state index in [4.69, 9.17) is 11.6 Å². The maximum atomic E-state index is 13.4. The quantitative estimate of drug-likeness (QED) is 0.767. The van der Waals surface area contributed by atoms with Crippen LogP contribution in [0.15, 0.2) is 54.9 Å². The van der Waals surface area contributed by atoms with Crippen LogP contribution in [0.5, 0.6) is 5.75 Å². The molecule has 21 heavy (non-hydrogen) atoms. The summed E-state index contributed by atoms with van der Waals surface area (Å²) < 4.78 is 13.4. The van der Waals surface area contributed by atoms with Gasteiger partial charge in [0.15, 0.2) is 0 Å². The molecular formula is C16H10ClFN2O. The van der Waals surface area contributed by atoms with Crippen molar-refractivity contribution in [3.8, 4) is 28.0 Å². The maximum absolute atomic E-state index is 13.4. The number of phenolic OH excluding ortho intramolecular Hbond substituents is 1. The van der Waals surface area contributed by atoms with Crippen molar-refractivity contribution in [2.45, 2.75) is 0 Å². The predicted octanol–water partition coefficient (Wildman–Crippen LogP) is 4.31. The summed E-state index contributed by atoms with van der Waals surface area (Å²) >= 11 is 6.17. The summed E-state index contributed by atoms with van der Waals surface area (Å²) in [6.45, 7) is 0. The zero-order valence-corrected chi connectivity index (χ0v) is 11.5. The van der Waals surface area contributed by atoms with E-state index in [1.165, 1.54) is 30.6 Å². The van der Waals surface area contributed by atoms with Crippen LogP contribution in [0.1, 0.15) is 0 Å². The molecule has 0 aliphatic heterocycles. The topological polar surface area (TPSA) is 46.0 Å². The van der Waals surface area contributed by atoms with Crippen molar-refractivity contribution in [2.75, 3.05) is 0 Å². The van der Waals surface area contributed by atoms with E-state index >= 15 is 0 Å². The molecule has 2 aromatic carbocycles. The van der Waals surface area contributed by atoms with Crippen molar-refractivity contribution in [2.24, 2.45) is 0 Å². The first kappa shape index (κ1) is 13.5. The average molecular weight is 301 g/mol. The van der Waals surface area contributed by atoms with Gasteiger partial charge in [0.1, 0.15) is 11.6 Å². The van der Waals surface area contributed by atoms with Gasteiger partial charge >= 0.3 is 0 Å². The lowest BCUT2D eigenvalue weighted by Crippen LogP contribution is -1.87. The fraction of sp³-hybridized carbons (Fsp3) is 0. The van der Waals surface area contributed by atoms with Crippen LogP contribution in [0, 0.1) is 5.82 Å². The standard InChI is InChI=1S/C16H10ClFN2O/c17-15-8-16(21)14(11-4-5-19-20-9-11)7-13(15)10-2-1-3-12(18)6-10/h1-9,21H. The molecular weight excluding hydrogens is 291 g/mol. The van der Waals surface area contributed by atoms with Gasteiger partial charge in [0.05, 0.1) is 17.4 Å². The second kappa shape index (κ2) is 5.50. The number of hydrogen-bond acceptors (Lipinski definition) is 3. The molecule has 104 valence electrons. The minimum absolute atomic E-state index is 0.0353. The van der Waals surface area contributed by atoms with E-state index in [0.29, 0.717) is 27.3 Å². The Morgan fingerprint density at radius 2 is 1.81 bits per heavy atom. The van der Waals surface area contributed by atoms with Gasteiger partial charge in [-0.2, -0.15) is 10.2 Å². The van der Waals surface area contributed by atoms with Crippen molar-refractivity contribution in [1.82, 2.24) is 10.2 Å². The third-order valence-corrected chi connectivity index (χ3v) is 3.43. The van der Waals surface area contributed by atoms with Gasteiger partial charge in [-0.1, -0.05) is 23.7 Å². The zero-order chi connectivity index (χ0) is 14.8. The highest BCUT2D eigenvalue weighted by molar-refractivity contribution is 6.33. The van der Waals surface area contributed by atoms with Crippen LogP contribution in [-0.4, -0.2) is 15.3 Å². The number of aromatic hydroxyl groups is 1. The molecule has 5 heteroatoms. The summed E-state index contributed by atoms with van der Waals surface area (Å²) in [6, 6.07) is 11.0. The Morgan fingerprint density at radius 1 is 0.952 bits per heavy atom. The van der Waals surface area contributed by atoms with Gasteiger partial charge in [-0.05, 0) is 35.9 Å². The summed E-state index contributed by atoms with van der Waals surface area (Å²) in [5, 5.41) is 17.9. The molecule has 3 nitrogen and oxygen atoms in total. The number of benzene rings is 2. The van der Waals surface area contributed by atoms with Crippen molar-refractivity contribution in [3.63, 3.8) is 0 Å². The van der Waals surface area contributed by atoms with Crippen LogP contribution in [0.4, 0.5) is 4.39 Å². The van der Waals surface area contributed by atoms with E-state index in [9.17, 15) is 9.50 Å². The molecule has 0 aliphatic rings. The molecule has 3 rings (SSSR count). The van der Waals surface area contributed by atoms with Gasteiger partial charge in [-0.15, -0.1) is 0 Å². The minimum Gasteiger partial charge on any atom is -0.507 e. The summed E-state index contributed by atoms with van der Waals surface area (Å²) in [7, 11) is 0. The van der Waals surface area contributed by atoms with Crippen LogP contribution in [0.2, 0.25) is 5.02 Å². The second-order valence-electron chi connectivity index (χ2n) is 4.49. The second-order valence-corrected chi connectivity index (χ2v) is 4.90. The molecule has 0 atom stereocenters. The van der Waals surface area contributed by atoms with Crippen molar-refractivity contribution in [3.05, 3.63) is 65.7 Å². The SMILES string of the molecule is Oc1cc(Cl)c(-c2cccc(F)c2)cc1-c1ccnnc1. The zero-order valence-electron chi connectivity index (χ0n) is 10.8. The maximum Gasteiger partial charge on any atom is 0.124 e. The van der Waals surface area contributed by atoms with Crippen LogP contribution in [-0.2, 0) is 0 Å². The molecule has 1 N–H and O–H groups in total. The van der Waals surface area contributed by atoms with E-state index in [0.717, 1.165) is 0 Å². The molecule has 0 fully saturated rings. The van der Waals surface area contributed by atoms with Gasteiger partial charge in [0, 0.05) is 16.7 Å². The number of nitrogens with zero attached hydrogens (tertiary/aromatic N) is 2. The van der Waals surface area contributed by atoms with Crippen molar-refractivity contribution < 1.29 is 9.50 Å². The highest BCUT2D eigenvalue weighted by atomic mass is 35.5. The summed E-state index contributed by atoms with van der Waals surface area (Å²) in [6.07, 6.45) is 3.07. The Morgan fingerprint density at radius 3 is 2.52 bits per heavy atom. The van der Waals surface area contributed by atoms with Gasteiger partial charge < -0.3 is 5.11 Å². The highest BCUT2D eigenvalue weighted by Gasteiger charge is 2.12. The normalized spacial score (nSPS) is 10.6. The summed E-state index contributed by atoms with van der Waals surface area (Å²) in [4.78, 5) is 0. The Labute approximate surface area is 125 Å². The monoisotopic (exact) mass is 300 g/mol. The first-order chi connectivity index (χ1) is 10.1. The smallest absolute Gasteiger partial charge is 0.124 e. The van der Waals surface area contributed by atoms with E-state index in [-0.39, 0.29) is 11.6 Å². The molecule has 1 heterocycles.